The number of carbonyl (C=O) groups is 2. The van der Waals surface area contributed by atoms with Gasteiger partial charge < -0.3 is 14.4 Å². The fourth-order valence-corrected chi connectivity index (χ4v) is 4.52. The van der Waals surface area contributed by atoms with Crippen LogP contribution < -0.4 is 0 Å². The fraction of sp³-hybridized carbons (Fsp3) is 0.444. The summed E-state index contributed by atoms with van der Waals surface area (Å²) in [5, 5.41) is 10.2. The number of carbonyl (C=O) groups excluding carboxylic acids is 1. The summed E-state index contributed by atoms with van der Waals surface area (Å²) in [6.07, 6.45) is 5.79. The van der Waals surface area contributed by atoms with E-state index in [4.69, 9.17) is 4.74 Å². The number of ether oxygens (including phenoxy) is 1. The molecule has 1 fully saturated rings. The number of benzene rings is 1. The highest BCUT2D eigenvalue weighted by Crippen LogP contribution is 2.42. The molecule has 0 atom stereocenters. The van der Waals surface area contributed by atoms with E-state index in [0.29, 0.717) is 11.5 Å². The van der Waals surface area contributed by atoms with Gasteiger partial charge in [-0.25, -0.2) is 4.79 Å². The van der Waals surface area contributed by atoms with Gasteiger partial charge in [0.2, 0.25) is 0 Å². The maximum absolute atomic E-state index is 11.9. The first kappa shape index (κ1) is 17.0. The molecule has 1 N–H and O–H groups in total. The van der Waals surface area contributed by atoms with Crippen molar-refractivity contribution in [1.82, 2.24) is 4.57 Å². The minimum absolute atomic E-state index is 0.110. The zero-order chi connectivity index (χ0) is 17.3. The molecule has 24 heavy (non-hydrogen) atoms. The van der Waals surface area contributed by atoms with Gasteiger partial charge in [0.05, 0.1) is 17.3 Å². The van der Waals surface area contributed by atoms with Crippen LogP contribution in [-0.4, -0.2) is 28.7 Å². The third-order valence-corrected chi connectivity index (χ3v) is 5.62. The molecule has 128 valence electrons. The average Bonchev–Trinajstić information content (AvgIpc) is 2.86. The van der Waals surface area contributed by atoms with Gasteiger partial charge in [-0.3, -0.25) is 4.79 Å². The quantitative estimate of drug-likeness (QED) is 0.785. The third kappa shape index (κ3) is 3.07. The zero-order valence-corrected chi connectivity index (χ0v) is 15.1. The number of methoxy groups -OCH3 is 1. The van der Waals surface area contributed by atoms with Crippen molar-refractivity contribution in [2.75, 3.05) is 7.11 Å². The number of fused-ring (bicyclic) bond motifs is 1. The Balaban J connectivity index is 2.19. The van der Waals surface area contributed by atoms with Gasteiger partial charge in [0.15, 0.2) is 0 Å². The lowest BCUT2D eigenvalue weighted by molar-refractivity contribution is -0.137. The van der Waals surface area contributed by atoms with E-state index in [1.807, 2.05) is 12.1 Å². The molecule has 0 spiro atoms. The summed E-state index contributed by atoms with van der Waals surface area (Å²) in [7, 11) is 1.36. The average molecular weight is 394 g/mol. The van der Waals surface area contributed by atoms with Crippen molar-refractivity contribution in [2.24, 2.45) is 0 Å². The Hall–Kier alpha value is -1.82. The Morgan fingerprint density at radius 3 is 2.62 bits per heavy atom. The number of esters is 1. The molecule has 0 saturated heterocycles. The van der Waals surface area contributed by atoms with Gasteiger partial charge in [0.1, 0.15) is 6.54 Å². The summed E-state index contributed by atoms with van der Waals surface area (Å²) in [5.41, 5.74) is 2.44. The Morgan fingerprint density at radius 2 is 2.00 bits per heavy atom. The van der Waals surface area contributed by atoms with E-state index in [-0.39, 0.29) is 12.5 Å². The summed E-state index contributed by atoms with van der Waals surface area (Å²) in [6.45, 7) is -0.110. The number of aromatic nitrogens is 1. The lowest BCUT2D eigenvalue weighted by atomic mass is 9.84. The minimum Gasteiger partial charge on any atom is -0.480 e. The fourth-order valence-electron chi connectivity index (χ4n) is 3.66. The molecule has 1 aromatic heterocycles. The van der Waals surface area contributed by atoms with Crippen molar-refractivity contribution in [1.29, 1.82) is 0 Å². The number of halogens is 1. The number of hydrogen-bond acceptors (Lipinski definition) is 3. The standard InChI is InChI=1S/C18H20BrNO4/c1-24-18(23)12-7-8-14-13(9-12)16(11-5-3-2-4-6-11)17(19)20(14)10-15(21)22/h7-9,11H,2-6,10H2,1H3,(H,21,22). The summed E-state index contributed by atoms with van der Waals surface area (Å²) in [5.74, 6) is -0.882. The van der Waals surface area contributed by atoms with E-state index in [9.17, 15) is 14.7 Å². The normalized spacial score (nSPS) is 15.6. The molecular weight excluding hydrogens is 374 g/mol. The maximum atomic E-state index is 11.9. The predicted molar refractivity (Wildman–Crippen MR) is 94.4 cm³/mol. The molecule has 0 amide bonds. The lowest BCUT2D eigenvalue weighted by Crippen LogP contribution is -2.10. The molecule has 1 aliphatic rings. The van der Waals surface area contributed by atoms with Crippen molar-refractivity contribution in [3.8, 4) is 0 Å². The molecule has 0 bridgehead atoms. The van der Waals surface area contributed by atoms with Gasteiger partial charge in [-0.05, 0) is 58.5 Å². The number of hydrogen-bond donors (Lipinski definition) is 1. The van der Waals surface area contributed by atoms with Gasteiger partial charge >= 0.3 is 11.9 Å². The summed E-state index contributed by atoms with van der Waals surface area (Å²) >= 11 is 3.62. The van der Waals surface area contributed by atoms with Crippen LogP contribution in [0.2, 0.25) is 0 Å². The molecule has 1 heterocycles. The molecule has 1 saturated carbocycles. The van der Waals surface area contributed by atoms with E-state index < -0.39 is 5.97 Å². The van der Waals surface area contributed by atoms with Crippen molar-refractivity contribution < 1.29 is 19.4 Å². The van der Waals surface area contributed by atoms with Crippen LogP contribution in [0.4, 0.5) is 0 Å². The van der Waals surface area contributed by atoms with Crippen LogP contribution in [0.25, 0.3) is 10.9 Å². The Kier molecular flexibility index (Phi) is 4.94. The first-order chi connectivity index (χ1) is 11.5. The molecule has 0 radical (unpaired) electrons. The number of carboxylic acids is 1. The van der Waals surface area contributed by atoms with Crippen molar-refractivity contribution >= 4 is 38.8 Å². The topological polar surface area (TPSA) is 68.5 Å². The zero-order valence-electron chi connectivity index (χ0n) is 13.5. The van der Waals surface area contributed by atoms with E-state index in [1.54, 1.807) is 10.6 Å². The monoisotopic (exact) mass is 393 g/mol. The number of nitrogens with zero attached hydrogens (tertiary/aromatic N) is 1. The molecule has 2 aromatic rings. The molecule has 3 rings (SSSR count). The van der Waals surface area contributed by atoms with Crippen LogP contribution in [0.15, 0.2) is 22.8 Å². The van der Waals surface area contributed by atoms with E-state index in [0.717, 1.165) is 33.9 Å². The highest BCUT2D eigenvalue weighted by molar-refractivity contribution is 9.10. The van der Waals surface area contributed by atoms with Crippen LogP contribution in [0.3, 0.4) is 0 Å². The van der Waals surface area contributed by atoms with E-state index >= 15 is 0 Å². The van der Waals surface area contributed by atoms with E-state index in [2.05, 4.69) is 15.9 Å². The van der Waals surface area contributed by atoms with Crippen LogP contribution in [0.5, 0.6) is 0 Å². The van der Waals surface area contributed by atoms with Crippen molar-refractivity contribution in [3.05, 3.63) is 33.9 Å². The summed E-state index contributed by atoms with van der Waals surface area (Å²) in [4.78, 5) is 23.1. The lowest BCUT2D eigenvalue weighted by Gasteiger charge is -2.22. The van der Waals surface area contributed by atoms with Crippen molar-refractivity contribution in [3.63, 3.8) is 0 Å². The SMILES string of the molecule is COC(=O)c1ccc2c(c1)c(C1CCCCC1)c(Br)n2CC(=O)O. The number of rotatable bonds is 4. The second-order valence-electron chi connectivity index (χ2n) is 6.24. The van der Waals surface area contributed by atoms with Gasteiger partial charge in [0, 0.05) is 10.9 Å². The van der Waals surface area contributed by atoms with Crippen LogP contribution in [0.1, 0.15) is 53.9 Å². The molecule has 6 heteroatoms. The Morgan fingerprint density at radius 1 is 1.29 bits per heavy atom. The molecular formula is C18H20BrNO4. The first-order valence-corrected chi connectivity index (χ1v) is 8.94. The first-order valence-electron chi connectivity index (χ1n) is 8.14. The second kappa shape index (κ2) is 6.97. The number of aliphatic carboxylic acids is 1. The highest BCUT2D eigenvalue weighted by atomic mass is 79.9. The molecule has 5 nitrogen and oxygen atoms in total. The van der Waals surface area contributed by atoms with Crippen LogP contribution >= 0.6 is 15.9 Å². The summed E-state index contributed by atoms with van der Waals surface area (Å²) in [6, 6.07) is 5.32. The third-order valence-electron chi connectivity index (χ3n) is 4.76. The molecule has 0 aliphatic heterocycles. The summed E-state index contributed by atoms with van der Waals surface area (Å²) < 4.78 is 7.40. The smallest absolute Gasteiger partial charge is 0.337 e. The molecule has 0 unspecified atom stereocenters. The number of carboxylic acid groups (broad SMARTS) is 1. The maximum Gasteiger partial charge on any atom is 0.337 e. The van der Waals surface area contributed by atoms with Crippen LogP contribution in [-0.2, 0) is 16.1 Å². The Bertz CT molecular complexity index is 790. The van der Waals surface area contributed by atoms with Gasteiger partial charge in [-0.2, -0.15) is 0 Å². The molecule has 1 aromatic carbocycles. The second-order valence-corrected chi connectivity index (χ2v) is 6.99. The van der Waals surface area contributed by atoms with Crippen LogP contribution in [0, 0.1) is 0 Å². The highest BCUT2D eigenvalue weighted by Gasteiger charge is 2.26. The van der Waals surface area contributed by atoms with Gasteiger partial charge in [-0.15, -0.1) is 0 Å². The van der Waals surface area contributed by atoms with Gasteiger partial charge in [0.25, 0.3) is 0 Å². The van der Waals surface area contributed by atoms with E-state index in [1.165, 1.54) is 26.4 Å². The van der Waals surface area contributed by atoms with Crippen molar-refractivity contribution in [2.45, 2.75) is 44.6 Å². The largest absolute Gasteiger partial charge is 0.480 e. The predicted octanol–water partition coefficient (Wildman–Crippen LogP) is 4.32. The molecule has 1 aliphatic carbocycles. The van der Waals surface area contributed by atoms with Gasteiger partial charge in [-0.1, -0.05) is 19.3 Å². The Labute approximate surface area is 148 Å². The minimum atomic E-state index is -0.889.